The lowest BCUT2D eigenvalue weighted by Crippen LogP contribution is -2.48. The molecule has 30 heavy (non-hydrogen) atoms. The van der Waals surface area contributed by atoms with Crippen LogP contribution >= 0.6 is 0 Å². The number of rotatable bonds is 5. The highest BCUT2D eigenvalue weighted by Crippen LogP contribution is 2.13. The lowest BCUT2D eigenvalue weighted by atomic mass is 10.3. The van der Waals surface area contributed by atoms with E-state index in [-0.39, 0.29) is 11.4 Å². The van der Waals surface area contributed by atoms with Gasteiger partial charge in [-0.05, 0) is 50.2 Å². The summed E-state index contributed by atoms with van der Waals surface area (Å²) in [6, 6.07) is 15.4. The molecule has 3 aromatic rings. The number of halogens is 1. The molecule has 3 rings (SSSR count). The first kappa shape index (κ1) is 20.7. The van der Waals surface area contributed by atoms with Crippen molar-refractivity contribution in [3.8, 4) is 11.4 Å². The van der Waals surface area contributed by atoms with Crippen molar-refractivity contribution >= 4 is 11.8 Å². The molecule has 0 aliphatic carbocycles. The van der Waals surface area contributed by atoms with Crippen LogP contribution in [0, 0.1) is 12.7 Å². The molecule has 0 fully saturated rings. The minimum Gasteiger partial charge on any atom is -0.481 e. The normalized spacial score (nSPS) is 11.4. The zero-order chi connectivity index (χ0) is 21.7. The second kappa shape index (κ2) is 8.99. The maximum absolute atomic E-state index is 12.9. The van der Waals surface area contributed by atoms with Gasteiger partial charge in [-0.15, -0.1) is 0 Å². The number of hydrazine groups is 1. The van der Waals surface area contributed by atoms with E-state index in [1.165, 1.54) is 41.9 Å². The highest BCUT2D eigenvalue weighted by molar-refractivity contribution is 5.94. The number of carbonyl (C=O) groups excluding carboxylic acids is 2. The molecule has 0 aliphatic heterocycles. The summed E-state index contributed by atoms with van der Waals surface area (Å²) in [6.07, 6.45) is -0.984. The van der Waals surface area contributed by atoms with E-state index < -0.39 is 29.2 Å². The molecule has 9 heteroatoms. The Bertz CT molecular complexity index is 1110. The molecule has 0 aliphatic rings. The predicted molar refractivity (Wildman–Crippen MR) is 107 cm³/mol. The fourth-order valence-corrected chi connectivity index (χ4v) is 2.59. The van der Waals surface area contributed by atoms with Crippen LogP contribution in [0.5, 0.6) is 5.75 Å². The number of hydrogen-bond donors (Lipinski definition) is 2. The fourth-order valence-electron chi connectivity index (χ4n) is 2.59. The highest BCUT2D eigenvalue weighted by Gasteiger charge is 2.19. The van der Waals surface area contributed by atoms with Crippen LogP contribution in [0.25, 0.3) is 5.69 Å². The van der Waals surface area contributed by atoms with Crippen molar-refractivity contribution in [1.29, 1.82) is 0 Å². The molecule has 2 aromatic carbocycles. The van der Waals surface area contributed by atoms with E-state index in [1.54, 1.807) is 31.2 Å². The fraction of sp³-hybridized carbons (Fsp3) is 0.143. The van der Waals surface area contributed by atoms with Gasteiger partial charge < -0.3 is 4.74 Å². The third-order valence-corrected chi connectivity index (χ3v) is 4.12. The van der Waals surface area contributed by atoms with Crippen LogP contribution in [0.1, 0.15) is 23.1 Å². The van der Waals surface area contributed by atoms with Crippen LogP contribution in [-0.2, 0) is 4.79 Å². The molecular formula is C21H19FN4O4. The molecule has 2 N–H and O–H groups in total. The summed E-state index contributed by atoms with van der Waals surface area (Å²) in [5.74, 6) is -1.68. The molecule has 154 valence electrons. The quantitative estimate of drug-likeness (QED) is 0.626. The molecule has 2 amide bonds. The topological polar surface area (TPSA) is 102 Å². The number of aromatic nitrogens is 2. The predicted octanol–water partition coefficient (Wildman–Crippen LogP) is 1.91. The van der Waals surface area contributed by atoms with Gasteiger partial charge in [-0.2, -0.15) is 5.10 Å². The van der Waals surface area contributed by atoms with Crippen LogP contribution in [0.15, 0.2) is 65.5 Å². The van der Waals surface area contributed by atoms with Crippen molar-refractivity contribution in [3.63, 3.8) is 0 Å². The van der Waals surface area contributed by atoms with Crippen LogP contribution in [0.2, 0.25) is 0 Å². The number of ether oxygens (including phenoxy) is 1. The summed E-state index contributed by atoms with van der Waals surface area (Å²) in [5.41, 5.74) is 4.61. The Balaban J connectivity index is 1.67. The molecule has 0 unspecified atom stereocenters. The van der Waals surface area contributed by atoms with Gasteiger partial charge in [0.1, 0.15) is 11.6 Å². The Morgan fingerprint density at radius 3 is 2.40 bits per heavy atom. The van der Waals surface area contributed by atoms with Gasteiger partial charge in [-0.1, -0.05) is 18.2 Å². The number of nitrogens with zero attached hydrogens (tertiary/aromatic N) is 2. The average Bonchev–Trinajstić information content (AvgIpc) is 2.74. The minimum atomic E-state index is -0.984. The van der Waals surface area contributed by atoms with Crippen LogP contribution in [0.4, 0.5) is 4.39 Å². The van der Waals surface area contributed by atoms with Crippen molar-refractivity contribution in [2.45, 2.75) is 20.0 Å². The molecule has 0 saturated heterocycles. The van der Waals surface area contributed by atoms with Crippen molar-refractivity contribution < 1.29 is 18.7 Å². The molecule has 8 nitrogen and oxygen atoms in total. The van der Waals surface area contributed by atoms with Gasteiger partial charge in [0.25, 0.3) is 11.8 Å². The molecule has 1 aromatic heterocycles. The second-order valence-electron chi connectivity index (χ2n) is 6.40. The smallest absolute Gasteiger partial charge is 0.294 e. The molecule has 0 bridgehead atoms. The molecular weight excluding hydrogens is 391 g/mol. The molecule has 1 heterocycles. The summed E-state index contributed by atoms with van der Waals surface area (Å²) >= 11 is 0. The standard InChI is InChI=1S/C21H19FN4O4/c1-13-12-18(27)19(25-26(13)16-6-4-3-5-7-16)21(29)24-23-20(28)14(2)30-17-10-8-15(22)9-11-17/h3-12,14H,1-2H3,(H,23,28)(H,24,29)/t14-/m1/s1. The van der Waals surface area contributed by atoms with E-state index >= 15 is 0 Å². The number of hydrogen-bond acceptors (Lipinski definition) is 5. The molecule has 0 saturated carbocycles. The van der Waals surface area contributed by atoms with Gasteiger partial charge in [0.15, 0.2) is 11.8 Å². The highest BCUT2D eigenvalue weighted by atomic mass is 19.1. The first-order chi connectivity index (χ1) is 14.3. The molecule has 1 atom stereocenters. The molecule has 0 radical (unpaired) electrons. The van der Waals surface area contributed by atoms with Crippen molar-refractivity contribution in [1.82, 2.24) is 20.6 Å². The van der Waals surface area contributed by atoms with Gasteiger partial charge >= 0.3 is 0 Å². The monoisotopic (exact) mass is 410 g/mol. The Kier molecular flexibility index (Phi) is 6.21. The maximum Gasteiger partial charge on any atom is 0.294 e. The average molecular weight is 410 g/mol. The third kappa shape index (κ3) is 4.88. The van der Waals surface area contributed by atoms with E-state index in [2.05, 4.69) is 16.0 Å². The first-order valence-electron chi connectivity index (χ1n) is 9.04. The minimum absolute atomic E-state index is 0.288. The number of para-hydroxylation sites is 1. The van der Waals surface area contributed by atoms with Gasteiger partial charge in [-0.25, -0.2) is 9.07 Å². The lowest BCUT2D eigenvalue weighted by Gasteiger charge is -2.15. The summed E-state index contributed by atoms with van der Waals surface area (Å²) in [6.45, 7) is 3.15. The number of nitrogens with one attached hydrogen (secondary N) is 2. The van der Waals surface area contributed by atoms with Gasteiger partial charge in [0.05, 0.1) is 5.69 Å². The van der Waals surface area contributed by atoms with E-state index in [0.717, 1.165) is 0 Å². The SMILES string of the molecule is Cc1cc(=O)c(C(=O)NNC(=O)[C@@H](C)Oc2ccc(F)cc2)nn1-c1ccccc1. The van der Waals surface area contributed by atoms with Crippen LogP contribution in [0.3, 0.4) is 0 Å². The van der Waals surface area contributed by atoms with Gasteiger partial charge in [0.2, 0.25) is 5.43 Å². The maximum atomic E-state index is 12.9. The third-order valence-electron chi connectivity index (χ3n) is 4.12. The lowest BCUT2D eigenvalue weighted by molar-refractivity contribution is -0.128. The summed E-state index contributed by atoms with van der Waals surface area (Å²) in [7, 11) is 0. The summed E-state index contributed by atoms with van der Waals surface area (Å²) in [5, 5.41) is 4.11. The van der Waals surface area contributed by atoms with Crippen molar-refractivity contribution in [2.75, 3.05) is 0 Å². The Morgan fingerprint density at radius 2 is 1.73 bits per heavy atom. The summed E-state index contributed by atoms with van der Waals surface area (Å²) < 4.78 is 19.8. The number of benzene rings is 2. The Labute approximate surface area is 171 Å². The van der Waals surface area contributed by atoms with E-state index in [9.17, 15) is 18.8 Å². The van der Waals surface area contributed by atoms with E-state index in [1.807, 2.05) is 6.07 Å². The van der Waals surface area contributed by atoms with Gasteiger partial charge in [-0.3, -0.25) is 25.2 Å². The van der Waals surface area contributed by atoms with Crippen LogP contribution in [-0.4, -0.2) is 27.7 Å². The number of aryl methyl sites for hydroxylation is 1. The largest absolute Gasteiger partial charge is 0.481 e. The first-order valence-corrected chi connectivity index (χ1v) is 9.04. The Hall–Kier alpha value is -4.01. The summed E-state index contributed by atoms with van der Waals surface area (Å²) in [4.78, 5) is 36.8. The second-order valence-corrected chi connectivity index (χ2v) is 6.40. The van der Waals surface area contributed by atoms with E-state index in [4.69, 9.17) is 4.74 Å². The zero-order valence-corrected chi connectivity index (χ0v) is 16.3. The Morgan fingerprint density at radius 1 is 1.07 bits per heavy atom. The van der Waals surface area contributed by atoms with E-state index in [0.29, 0.717) is 11.4 Å². The number of carbonyl (C=O) groups is 2. The van der Waals surface area contributed by atoms with Crippen molar-refractivity contribution in [3.05, 3.63) is 88.1 Å². The molecule has 0 spiro atoms. The zero-order valence-electron chi connectivity index (χ0n) is 16.3. The van der Waals surface area contributed by atoms with Crippen LogP contribution < -0.4 is 21.0 Å². The van der Waals surface area contributed by atoms with Crippen molar-refractivity contribution in [2.24, 2.45) is 0 Å². The number of amides is 2. The van der Waals surface area contributed by atoms with Gasteiger partial charge in [0, 0.05) is 11.8 Å².